The molecular weight excluding hydrogens is 293 g/mol. The van der Waals surface area contributed by atoms with Crippen molar-refractivity contribution >= 4 is 28.3 Å². The fourth-order valence-corrected chi connectivity index (χ4v) is 1.71. The molecule has 0 aliphatic heterocycles. The predicted octanol–water partition coefficient (Wildman–Crippen LogP) is 2.29. The molecule has 0 spiro atoms. The molecule has 0 aromatic heterocycles. The number of nitrogens with two attached hydrogens (primary N) is 1. The first-order valence-corrected chi connectivity index (χ1v) is 5.48. The number of ether oxygens (including phenoxy) is 2. The molecule has 0 aliphatic carbocycles. The van der Waals surface area contributed by atoms with Crippen molar-refractivity contribution in [3.05, 3.63) is 21.8 Å². The highest BCUT2D eigenvalue weighted by Gasteiger charge is 2.00. The van der Waals surface area contributed by atoms with Gasteiger partial charge >= 0.3 is 0 Å². The van der Waals surface area contributed by atoms with Crippen LogP contribution in [0.3, 0.4) is 0 Å². The largest absolute Gasteiger partial charge is 0.492 e. The van der Waals surface area contributed by atoms with Crippen LogP contribution in [0.25, 0.3) is 0 Å². The number of nitrogen functional groups attached to an aromatic ring is 1. The van der Waals surface area contributed by atoms with Crippen molar-refractivity contribution < 1.29 is 9.47 Å². The molecule has 0 aliphatic rings. The fraction of sp³-hybridized carbons (Fsp3) is 0.400. The van der Waals surface area contributed by atoms with Crippen molar-refractivity contribution in [2.45, 2.75) is 6.42 Å². The van der Waals surface area contributed by atoms with Gasteiger partial charge in [-0.15, -0.1) is 0 Å². The topological polar surface area (TPSA) is 44.5 Å². The second-order valence-electron chi connectivity index (χ2n) is 2.88. The van der Waals surface area contributed by atoms with Crippen LogP contribution in [-0.4, -0.2) is 20.3 Å². The lowest BCUT2D eigenvalue weighted by molar-refractivity contribution is 0.172. The molecule has 0 atom stereocenters. The first-order chi connectivity index (χ1) is 6.74. The van der Waals surface area contributed by atoms with Crippen LogP contribution in [0.2, 0.25) is 0 Å². The quantitative estimate of drug-likeness (QED) is 0.516. The van der Waals surface area contributed by atoms with Gasteiger partial charge in [-0.2, -0.15) is 0 Å². The number of methoxy groups -OCH3 is 1. The molecule has 1 rings (SSSR count). The van der Waals surface area contributed by atoms with Gasteiger partial charge in [0.1, 0.15) is 5.75 Å². The summed E-state index contributed by atoms with van der Waals surface area (Å²) in [5.41, 5.74) is 6.39. The van der Waals surface area contributed by atoms with E-state index in [0.29, 0.717) is 6.61 Å². The van der Waals surface area contributed by atoms with Crippen molar-refractivity contribution in [2.24, 2.45) is 0 Å². The standard InChI is InChI=1S/C10H14INO2/c1-13-5-2-6-14-10-4-3-8(12)7-9(10)11/h3-4,7H,2,5-6,12H2,1H3. The lowest BCUT2D eigenvalue weighted by atomic mass is 10.3. The first kappa shape index (κ1) is 11.6. The molecule has 1 aromatic carbocycles. The van der Waals surface area contributed by atoms with E-state index in [0.717, 1.165) is 28.0 Å². The Morgan fingerprint density at radius 3 is 2.79 bits per heavy atom. The van der Waals surface area contributed by atoms with E-state index in [-0.39, 0.29) is 0 Å². The number of halogens is 1. The molecule has 0 unspecified atom stereocenters. The van der Waals surface area contributed by atoms with Crippen LogP contribution in [0.4, 0.5) is 5.69 Å². The summed E-state index contributed by atoms with van der Waals surface area (Å²) in [6.07, 6.45) is 0.900. The smallest absolute Gasteiger partial charge is 0.132 e. The predicted molar refractivity (Wildman–Crippen MR) is 65.6 cm³/mol. The SMILES string of the molecule is COCCCOc1ccc(N)cc1I. The number of anilines is 1. The second kappa shape index (κ2) is 6.08. The molecule has 0 radical (unpaired) electrons. The monoisotopic (exact) mass is 307 g/mol. The molecule has 0 saturated carbocycles. The molecule has 4 heteroatoms. The van der Waals surface area contributed by atoms with Gasteiger partial charge in [0, 0.05) is 25.8 Å². The third kappa shape index (κ3) is 3.71. The van der Waals surface area contributed by atoms with Gasteiger partial charge < -0.3 is 15.2 Å². The minimum Gasteiger partial charge on any atom is -0.492 e. The van der Waals surface area contributed by atoms with Crippen LogP contribution < -0.4 is 10.5 Å². The summed E-state index contributed by atoms with van der Waals surface area (Å²) < 4.78 is 11.5. The summed E-state index contributed by atoms with van der Waals surface area (Å²) in [5.74, 6) is 0.885. The van der Waals surface area contributed by atoms with Crippen molar-refractivity contribution in [3.8, 4) is 5.75 Å². The Kier molecular flexibility index (Phi) is 5.03. The Bertz CT molecular complexity index is 291. The van der Waals surface area contributed by atoms with Crippen LogP contribution >= 0.6 is 22.6 Å². The van der Waals surface area contributed by atoms with Crippen LogP contribution in [0.5, 0.6) is 5.75 Å². The van der Waals surface area contributed by atoms with Crippen LogP contribution in [0, 0.1) is 3.57 Å². The van der Waals surface area contributed by atoms with Gasteiger partial charge in [-0.3, -0.25) is 0 Å². The van der Waals surface area contributed by atoms with Gasteiger partial charge in [-0.1, -0.05) is 0 Å². The maximum absolute atomic E-state index is 5.62. The summed E-state index contributed by atoms with van der Waals surface area (Å²) in [6.45, 7) is 1.40. The normalized spacial score (nSPS) is 10.1. The summed E-state index contributed by atoms with van der Waals surface area (Å²) in [7, 11) is 1.69. The first-order valence-electron chi connectivity index (χ1n) is 4.41. The van der Waals surface area contributed by atoms with Gasteiger partial charge in [0.05, 0.1) is 10.2 Å². The zero-order chi connectivity index (χ0) is 10.4. The highest BCUT2D eigenvalue weighted by molar-refractivity contribution is 14.1. The highest BCUT2D eigenvalue weighted by Crippen LogP contribution is 2.22. The van der Waals surface area contributed by atoms with Gasteiger partial charge in [0.2, 0.25) is 0 Å². The van der Waals surface area contributed by atoms with E-state index in [1.807, 2.05) is 18.2 Å². The molecule has 0 heterocycles. The molecule has 0 bridgehead atoms. The maximum Gasteiger partial charge on any atom is 0.132 e. The van der Waals surface area contributed by atoms with E-state index in [9.17, 15) is 0 Å². The second-order valence-corrected chi connectivity index (χ2v) is 4.05. The van der Waals surface area contributed by atoms with E-state index in [1.54, 1.807) is 7.11 Å². The molecular formula is C10H14INO2. The zero-order valence-electron chi connectivity index (χ0n) is 8.13. The van der Waals surface area contributed by atoms with E-state index >= 15 is 0 Å². The molecule has 2 N–H and O–H groups in total. The number of benzene rings is 1. The molecule has 3 nitrogen and oxygen atoms in total. The van der Waals surface area contributed by atoms with E-state index < -0.39 is 0 Å². The van der Waals surface area contributed by atoms with Gasteiger partial charge in [0.25, 0.3) is 0 Å². The van der Waals surface area contributed by atoms with Crippen LogP contribution in [0.1, 0.15) is 6.42 Å². The summed E-state index contributed by atoms with van der Waals surface area (Å²) in [6, 6.07) is 5.63. The van der Waals surface area contributed by atoms with Gasteiger partial charge in [0.15, 0.2) is 0 Å². The minimum absolute atomic E-state index is 0.674. The number of hydrogen-bond donors (Lipinski definition) is 1. The van der Waals surface area contributed by atoms with Crippen LogP contribution in [0.15, 0.2) is 18.2 Å². The molecule has 78 valence electrons. The third-order valence-corrected chi connectivity index (χ3v) is 2.55. The van der Waals surface area contributed by atoms with Gasteiger partial charge in [-0.05, 0) is 40.8 Å². The maximum atomic E-state index is 5.62. The highest BCUT2D eigenvalue weighted by atomic mass is 127. The van der Waals surface area contributed by atoms with E-state index in [1.165, 1.54) is 0 Å². The Morgan fingerprint density at radius 2 is 2.14 bits per heavy atom. The lowest BCUT2D eigenvalue weighted by Crippen LogP contribution is -2.02. The van der Waals surface area contributed by atoms with Crippen molar-refractivity contribution in [2.75, 3.05) is 26.1 Å². The van der Waals surface area contributed by atoms with Gasteiger partial charge in [-0.25, -0.2) is 0 Å². The fourth-order valence-electron chi connectivity index (χ4n) is 1.02. The molecule has 0 amide bonds. The Morgan fingerprint density at radius 1 is 1.36 bits per heavy atom. The van der Waals surface area contributed by atoms with E-state index in [2.05, 4.69) is 22.6 Å². The molecule has 0 fully saturated rings. The number of hydrogen-bond acceptors (Lipinski definition) is 3. The minimum atomic E-state index is 0.674. The van der Waals surface area contributed by atoms with Crippen LogP contribution in [-0.2, 0) is 4.74 Å². The Labute approximate surface area is 97.7 Å². The average Bonchev–Trinajstić information content (AvgIpc) is 2.15. The molecule has 0 saturated heterocycles. The summed E-state index contributed by atoms with van der Waals surface area (Å²) in [4.78, 5) is 0. The third-order valence-electron chi connectivity index (χ3n) is 1.71. The lowest BCUT2D eigenvalue weighted by Gasteiger charge is -2.08. The van der Waals surface area contributed by atoms with Crippen molar-refractivity contribution in [1.82, 2.24) is 0 Å². The summed E-state index contributed by atoms with van der Waals surface area (Å²) >= 11 is 2.21. The Balaban J connectivity index is 2.42. The zero-order valence-corrected chi connectivity index (χ0v) is 10.3. The number of rotatable bonds is 5. The van der Waals surface area contributed by atoms with Crippen molar-refractivity contribution in [3.63, 3.8) is 0 Å². The molecule has 14 heavy (non-hydrogen) atoms. The average molecular weight is 307 g/mol. The molecule has 1 aromatic rings. The van der Waals surface area contributed by atoms with E-state index in [4.69, 9.17) is 15.2 Å². The Hall–Kier alpha value is -0.490. The summed E-state index contributed by atoms with van der Waals surface area (Å²) in [5, 5.41) is 0. The van der Waals surface area contributed by atoms with Crippen molar-refractivity contribution in [1.29, 1.82) is 0 Å².